The van der Waals surface area contributed by atoms with E-state index in [-0.39, 0.29) is 5.91 Å². The van der Waals surface area contributed by atoms with Gasteiger partial charge in [-0.3, -0.25) is 9.78 Å². The summed E-state index contributed by atoms with van der Waals surface area (Å²) in [4.78, 5) is 20.9. The van der Waals surface area contributed by atoms with Crippen LogP contribution in [-0.2, 0) is 4.79 Å². The van der Waals surface area contributed by atoms with E-state index in [1.807, 2.05) is 13.8 Å². The van der Waals surface area contributed by atoms with Gasteiger partial charge in [0.15, 0.2) is 6.10 Å². The molecule has 1 aliphatic rings. The summed E-state index contributed by atoms with van der Waals surface area (Å²) >= 11 is 6.09. The van der Waals surface area contributed by atoms with Gasteiger partial charge >= 0.3 is 0 Å². The van der Waals surface area contributed by atoms with E-state index >= 15 is 0 Å². The summed E-state index contributed by atoms with van der Waals surface area (Å²) in [5, 5.41) is 10.8. The Morgan fingerprint density at radius 2 is 1.72 bits per heavy atom. The molecule has 25 heavy (non-hydrogen) atoms. The third kappa shape index (κ3) is 3.94. The molecule has 0 aliphatic carbocycles. The first-order valence-corrected chi connectivity index (χ1v) is 8.75. The summed E-state index contributed by atoms with van der Waals surface area (Å²) < 4.78 is 0. The quantitative estimate of drug-likeness (QED) is 0.915. The van der Waals surface area contributed by atoms with E-state index < -0.39 is 6.10 Å². The van der Waals surface area contributed by atoms with Crippen LogP contribution < -0.4 is 4.90 Å². The van der Waals surface area contributed by atoms with Crippen molar-refractivity contribution in [2.45, 2.75) is 20.0 Å². The zero-order chi connectivity index (χ0) is 18.0. The van der Waals surface area contributed by atoms with Gasteiger partial charge in [0.25, 0.3) is 5.91 Å². The number of carbonyl (C=O) groups is 1. The monoisotopic (exact) mass is 359 g/mol. The highest BCUT2D eigenvalue weighted by molar-refractivity contribution is 6.31. The number of aliphatic hydroxyl groups excluding tert-OH is 1. The predicted molar refractivity (Wildman–Crippen MR) is 98.9 cm³/mol. The fraction of sp³-hybridized carbons (Fsp3) is 0.368. The molecular formula is C19H22ClN3O2. The molecule has 1 aromatic carbocycles. The first-order chi connectivity index (χ1) is 12.0. The third-order valence-corrected chi connectivity index (χ3v) is 4.80. The van der Waals surface area contributed by atoms with Gasteiger partial charge in [0.1, 0.15) is 0 Å². The molecule has 1 N–H and O–H groups in total. The number of nitrogens with zero attached hydrogens (tertiary/aromatic N) is 3. The molecule has 2 heterocycles. The lowest BCUT2D eigenvalue weighted by Gasteiger charge is -2.37. The molecule has 0 bridgehead atoms. The highest BCUT2D eigenvalue weighted by Crippen LogP contribution is 2.25. The second kappa shape index (κ2) is 7.42. The van der Waals surface area contributed by atoms with Gasteiger partial charge in [0, 0.05) is 53.8 Å². The Bertz CT molecular complexity index is 753. The predicted octanol–water partition coefficient (Wildman–Crippen LogP) is 2.73. The van der Waals surface area contributed by atoms with Gasteiger partial charge in [-0.1, -0.05) is 29.8 Å². The largest absolute Gasteiger partial charge is 0.378 e. The number of benzene rings is 1. The van der Waals surface area contributed by atoms with Crippen molar-refractivity contribution < 1.29 is 9.90 Å². The fourth-order valence-corrected chi connectivity index (χ4v) is 3.42. The lowest BCUT2D eigenvalue weighted by molar-refractivity contribution is -0.140. The van der Waals surface area contributed by atoms with Crippen molar-refractivity contribution in [2.24, 2.45) is 0 Å². The minimum absolute atomic E-state index is 0.296. The van der Waals surface area contributed by atoms with E-state index in [0.717, 1.165) is 30.2 Å². The number of amides is 1. The minimum Gasteiger partial charge on any atom is -0.378 e. The van der Waals surface area contributed by atoms with E-state index in [1.165, 1.54) is 0 Å². The molecule has 1 aromatic heterocycles. The van der Waals surface area contributed by atoms with Crippen LogP contribution in [0.25, 0.3) is 0 Å². The van der Waals surface area contributed by atoms with Gasteiger partial charge in [0.05, 0.1) is 0 Å². The molecule has 1 amide bonds. The van der Waals surface area contributed by atoms with E-state index in [1.54, 1.807) is 29.2 Å². The number of aliphatic hydroxyl groups is 1. The number of hydrogen-bond donors (Lipinski definition) is 1. The van der Waals surface area contributed by atoms with E-state index in [4.69, 9.17) is 11.6 Å². The Labute approximate surface area is 152 Å². The average Bonchev–Trinajstić information content (AvgIpc) is 2.60. The molecular weight excluding hydrogens is 338 g/mol. The number of halogens is 1. The first kappa shape index (κ1) is 17.7. The highest BCUT2D eigenvalue weighted by atomic mass is 35.5. The molecule has 1 fully saturated rings. The number of carbonyl (C=O) groups excluding carboxylic acids is 1. The zero-order valence-electron chi connectivity index (χ0n) is 14.4. The second-order valence-electron chi connectivity index (χ2n) is 6.34. The molecule has 0 spiro atoms. The lowest BCUT2D eigenvalue weighted by Crippen LogP contribution is -2.50. The molecule has 132 valence electrons. The van der Waals surface area contributed by atoms with Crippen molar-refractivity contribution in [3.05, 3.63) is 58.4 Å². The molecule has 1 atom stereocenters. The lowest BCUT2D eigenvalue weighted by atomic mass is 10.1. The number of hydrogen-bond acceptors (Lipinski definition) is 4. The summed E-state index contributed by atoms with van der Waals surface area (Å²) in [7, 11) is 0. The van der Waals surface area contributed by atoms with Crippen LogP contribution >= 0.6 is 11.6 Å². The Morgan fingerprint density at radius 3 is 2.32 bits per heavy atom. The highest BCUT2D eigenvalue weighted by Gasteiger charge is 2.28. The van der Waals surface area contributed by atoms with Gasteiger partial charge < -0.3 is 14.9 Å². The third-order valence-electron chi connectivity index (χ3n) is 4.46. The number of aromatic nitrogens is 1. The molecule has 0 saturated carbocycles. The normalized spacial score (nSPS) is 16.0. The molecule has 1 aliphatic heterocycles. The molecule has 6 heteroatoms. The summed E-state index contributed by atoms with van der Waals surface area (Å²) in [5.74, 6) is -0.296. The second-order valence-corrected chi connectivity index (χ2v) is 6.75. The Morgan fingerprint density at radius 1 is 1.12 bits per heavy atom. The summed E-state index contributed by atoms with van der Waals surface area (Å²) in [6, 6.07) is 11.0. The van der Waals surface area contributed by atoms with Crippen molar-refractivity contribution >= 4 is 23.2 Å². The maximum Gasteiger partial charge on any atom is 0.256 e. The molecule has 0 radical (unpaired) electrons. The van der Waals surface area contributed by atoms with Crippen LogP contribution in [0.1, 0.15) is 23.1 Å². The molecule has 3 rings (SSSR count). The van der Waals surface area contributed by atoms with Gasteiger partial charge in [-0.15, -0.1) is 0 Å². The number of piperazine rings is 1. The van der Waals surface area contributed by atoms with Gasteiger partial charge in [-0.25, -0.2) is 0 Å². The van der Waals surface area contributed by atoms with E-state index in [0.29, 0.717) is 23.7 Å². The van der Waals surface area contributed by atoms with Crippen LogP contribution in [-0.4, -0.2) is 47.1 Å². The number of rotatable bonds is 3. The SMILES string of the molecule is Cc1cc(N2CCN(C(=O)C(O)c3ccccc3Cl)CC2)cc(C)n1. The standard InChI is InChI=1S/C19H22ClN3O2/c1-13-11-15(12-14(2)21-13)22-7-9-23(10-8-22)19(25)18(24)16-5-3-4-6-17(16)20/h3-6,11-12,18,24H,7-10H2,1-2H3. The number of aryl methyl sites for hydroxylation is 2. The minimum atomic E-state index is -1.22. The molecule has 2 aromatic rings. The van der Waals surface area contributed by atoms with Gasteiger partial charge in [-0.05, 0) is 32.0 Å². The smallest absolute Gasteiger partial charge is 0.256 e. The summed E-state index contributed by atoms with van der Waals surface area (Å²) in [6.07, 6.45) is -1.22. The number of anilines is 1. The zero-order valence-corrected chi connectivity index (χ0v) is 15.2. The molecule has 5 nitrogen and oxygen atoms in total. The average molecular weight is 360 g/mol. The maximum atomic E-state index is 12.6. The van der Waals surface area contributed by atoms with Crippen LogP contribution in [0.15, 0.2) is 36.4 Å². The van der Waals surface area contributed by atoms with Crippen molar-refractivity contribution in [3.8, 4) is 0 Å². The maximum absolute atomic E-state index is 12.6. The molecule has 1 unspecified atom stereocenters. The number of pyridine rings is 1. The van der Waals surface area contributed by atoms with Gasteiger partial charge in [-0.2, -0.15) is 0 Å². The first-order valence-electron chi connectivity index (χ1n) is 8.37. The Hall–Kier alpha value is -2.11. The Balaban J connectivity index is 1.65. The van der Waals surface area contributed by atoms with Crippen LogP contribution in [0, 0.1) is 13.8 Å². The van der Waals surface area contributed by atoms with Crippen molar-refractivity contribution in [1.29, 1.82) is 0 Å². The van der Waals surface area contributed by atoms with Crippen LogP contribution in [0.2, 0.25) is 5.02 Å². The summed E-state index contributed by atoms with van der Waals surface area (Å²) in [6.45, 7) is 6.56. The van der Waals surface area contributed by atoms with Crippen molar-refractivity contribution in [2.75, 3.05) is 31.1 Å². The van der Waals surface area contributed by atoms with E-state index in [9.17, 15) is 9.90 Å². The summed E-state index contributed by atoms with van der Waals surface area (Å²) in [5.41, 5.74) is 3.56. The fourth-order valence-electron chi connectivity index (χ4n) is 3.18. The Kier molecular flexibility index (Phi) is 5.25. The topological polar surface area (TPSA) is 56.7 Å². The van der Waals surface area contributed by atoms with Crippen molar-refractivity contribution in [1.82, 2.24) is 9.88 Å². The van der Waals surface area contributed by atoms with Crippen molar-refractivity contribution in [3.63, 3.8) is 0 Å². The molecule has 1 saturated heterocycles. The van der Waals surface area contributed by atoms with Crippen LogP contribution in [0.3, 0.4) is 0 Å². The van der Waals surface area contributed by atoms with Gasteiger partial charge in [0.2, 0.25) is 0 Å². The van der Waals surface area contributed by atoms with Crippen LogP contribution in [0.5, 0.6) is 0 Å². The van der Waals surface area contributed by atoms with E-state index in [2.05, 4.69) is 22.0 Å². The van der Waals surface area contributed by atoms with Crippen LogP contribution in [0.4, 0.5) is 5.69 Å².